The van der Waals surface area contributed by atoms with Crippen LogP contribution in [0.1, 0.15) is 12.6 Å². The van der Waals surface area contributed by atoms with Crippen LogP contribution < -0.4 is 10.2 Å². The third kappa shape index (κ3) is 2.48. The molecule has 1 N–H and O–H groups in total. The summed E-state index contributed by atoms with van der Waals surface area (Å²) in [5.74, 6) is 0.996. The molecule has 1 aromatic heterocycles. The molecule has 0 aromatic carbocycles. The van der Waals surface area contributed by atoms with Gasteiger partial charge in [0.05, 0.1) is 12.3 Å². The van der Waals surface area contributed by atoms with Gasteiger partial charge in [-0.15, -0.1) is 0 Å². The van der Waals surface area contributed by atoms with E-state index >= 15 is 0 Å². The molecule has 0 unspecified atom stereocenters. The molecule has 1 aliphatic heterocycles. The molecule has 1 fully saturated rings. The van der Waals surface area contributed by atoms with Crippen LogP contribution in [0, 0.1) is 0 Å². The van der Waals surface area contributed by atoms with Crippen molar-refractivity contribution in [1.82, 2.24) is 15.3 Å². The maximum atomic E-state index is 5.33. The summed E-state index contributed by atoms with van der Waals surface area (Å²) in [5, 5.41) is 3.24. The molecule has 1 aromatic rings. The molecule has 1 aliphatic rings. The maximum absolute atomic E-state index is 5.33. The highest BCUT2D eigenvalue weighted by Gasteiger charge is 2.26. The Morgan fingerprint density at radius 2 is 2.31 bits per heavy atom. The highest BCUT2D eigenvalue weighted by atomic mass is 16.5. The predicted octanol–water partition coefficient (Wildman–Crippen LogP) is 0.421. The standard InChI is InChI=1S/C11H18N4O/c1-3-16-7-9-4-11(14-8-13-9)15-5-10(6-15)12-2/h4,8,10,12H,3,5-7H2,1-2H3. The van der Waals surface area contributed by atoms with Gasteiger partial charge in [-0.2, -0.15) is 0 Å². The number of likely N-dealkylation sites (N-methyl/N-ethyl adjacent to an activating group) is 1. The van der Waals surface area contributed by atoms with Gasteiger partial charge in [0.1, 0.15) is 12.1 Å². The second kappa shape index (κ2) is 5.23. The number of hydrogen-bond donors (Lipinski definition) is 1. The van der Waals surface area contributed by atoms with E-state index in [1.807, 2.05) is 20.0 Å². The molecule has 0 atom stereocenters. The molecular weight excluding hydrogens is 204 g/mol. The van der Waals surface area contributed by atoms with E-state index < -0.39 is 0 Å². The molecular formula is C11H18N4O. The van der Waals surface area contributed by atoms with Gasteiger partial charge in [-0.1, -0.05) is 0 Å². The van der Waals surface area contributed by atoms with Gasteiger partial charge < -0.3 is 15.0 Å². The minimum absolute atomic E-state index is 0.565. The highest BCUT2D eigenvalue weighted by molar-refractivity contribution is 5.42. The molecule has 0 spiro atoms. The summed E-state index contributed by atoms with van der Waals surface area (Å²) in [4.78, 5) is 10.7. The molecule has 0 amide bonds. The smallest absolute Gasteiger partial charge is 0.132 e. The molecule has 2 heterocycles. The van der Waals surface area contributed by atoms with Crippen LogP contribution in [0.5, 0.6) is 0 Å². The van der Waals surface area contributed by atoms with E-state index in [1.54, 1.807) is 6.33 Å². The first kappa shape index (κ1) is 11.3. The number of ether oxygens (including phenoxy) is 1. The van der Waals surface area contributed by atoms with Gasteiger partial charge in [-0.25, -0.2) is 9.97 Å². The van der Waals surface area contributed by atoms with Crippen LogP contribution in [0.15, 0.2) is 12.4 Å². The Hall–Kier alpha value is -1.20. The highest BCUT2D eigenvalue weighted by Crippen LogP contribution is 2.18. The predicted molar refractivity (Wildman–Crippen MR) is 62.4 cm³/mol. The lowest BCUT2D eigenvalue weighted by atomic mass is 10.1. The Bertz CT molecular complexity index is 339. The zero-order valence-electron chi connectivity index (χ0n) is 9.81. The Kier molecular flexibility index (Phi) is 3.69. The van der Waals surface area contributed by atoms with Gasteiger partial charge in [-0.3, -0.25) is 0 Å². The largest absolute Gasteiger partial charge is 0.375 e. The minimum atomic E-state index is 0.565. The lowest BCUT2D eigenvalue weighted by Gasteiger charge is -2.39. The van der Waals surface area contributed by atoms with Crippen molar-refractivity contribution in [1.29, 1.82) is 0 Å². The Balaban J connectivity index is 1.94. The van der Waals surface area contributed by atoms with E-state index in [0.717, 1.165) is 24.6 Å². The van der Waals surface area contributed by atoms with Gasteiger partial charge in [0.15, 0.2) is 0 Å². The first-order chi connectivity index (χ1) is 7.83. The third-order valence-corrected chi connectivity index (χ3v) is 2.78. The third-order valence-electron chi connectivity index (χ3n) is 2.78. The van der Waals surface area contributed by atoms with Crippen molar-refractivity contribution in [3.05, 3.63) is 18.1 Å². The van der Waals surface area contributed by atoms with Crippen molar-refractivity contribution >= 4 is 5.82 Å². The van der Waals surface area contributed by atoms with Crippen LogP contribution in [-0.4, -0.2) is 42.8 Å². The normalized spacial score (nSPS) is 16.2. The van der Waals surface area contributed by atoms with Crippen LogP contribution in [0.4, 0.5) is 5.82 Å². The number of nitrogens with one attached hydrogen (secondary N) is 1. The van der Waals surface area contributed by atoms with E-state index in [2.05, 4.69) is 20.2 Å². The summed E-state index contributed by atoms with van der Waals surface area (Å²) in [6.45, 7) is 5.29. The first-order valence-electron chi connectivity index (χ1n) is 5.64. The molecule has 5 heteroatoms. The van der Waals surface area contributed by atoms with Crippen molar-refractivity contribution < 1.29 is 4.74 Å². The summed E-state index contributed by atoms with van der Waals surface area (Å²) in [6.07, 6.45) is 1.61. The van der Waals surface area contributed by atoms with Crippen molar-refractivity contribution in [3.8, 4) is 0 Å². The van der Waals surface area contributed by atoms with Crippen molar-refractivity contribution in [2.75, 3.05) is 31.6 Å². The van der Waals surface area contributed by atoms with Gasteiger partial charge in [0.2, 0.25) is 0 Å². The van der Waals surface area contributed by atoms with Crippen LogP contribution in [0.25, 0.3) is 0 Å². The first-order valence-corrected chi connectivity index (χ1v) is 5.64. The van der Waals surface area contributed by atoms with Crippen LogP contribution >= 0.6 is 0 Å². The molecule has 0 aliphatic carbocycles. The van der Waals surface area contributed by atoms with Gasteiger partial charge in [-0.05, 0) is 14.0 Å². The summed E-state index contributed by atoms with van der Waals surface area (Å²) in [6, 6.07) is 2.59. The zero-order valence-corrected chi connectivity index (χ0v) is 9.81. The number of nitrogens with zero attached hydrogens (tertiary/aromatic N) is 3. The molecule has 16 heavy (non-hydrogen) atoms. The summed E-state index contributed by atoms with van der Waals surface area (Å²) >= 11 is 0. The molecule has 5 nitrogen and oxygen atoms in total. The number of anilines is 1. The van der Waals surface area contributed by atoms with Gasteiger partial charge in [0, 0.05) is 31.8 Å². The Labute approximate surface area is 95.8 Å². The Morgan fingerprint density at radius 1 is 1.50 bits per heavy atom. The average Bonchev–Trinajstić information content (AvgIpc) is 2.26. The molecule has 0 radical (unpaired) electrons. The van der Waals surface area contributed by atoms with E-state index in [4.69, 9.17) is 4.74 Å². The van der Waals surface area contributed by atoms with E-state index in [-0.39, 0.29) is 0 Å². The zero-order chi connectivity index (χ0) is 11.4. The second-order valence-electron chi connectivity index (χ2n) is 3.90. The SMILES string of the molecule is CCOCc1cc(N2CC(NC)C2)ncn1. The van der Waals surface area contributed by atoms with Crippen LogP contribution in [-0.2, 0) is 11.3 Å². The summed E-state index contributed by atoms with van der Waals surface area (Å²) in [7, 11) is 1.99. The van der Waals surface area contributed by atoms with Crippen LogP contribution in [0.2, 0.25) is 0 Å². The quantitative estimate of drug-likeness (QED) is 0.782. The van der Waals surface area contributed by atoms with E-state index in [0.29, 0.717) is 19.3 Å². The van der Waals surface area contributed by atoms with Crippen molar-refractivity contribution in [2.45, 2.75) is 19.6 Å². The average molecular weight is 222 g/mol. The van der Waals surface area contributed by atoms with E-state index in [1.165, 1.54) is 0 Å². The second-order valence-corrected chi connectivity index (χ2v) is 3.90. The van der Waals surface area contributed by atoms with Crippen molar-refractivity contribution in [3.63, 3.8) is 0 Å². The fraction of sp³-hybridized carbons (Fsp3) is 0.636. The number of aromatic nitrogens is 2. The van der Waals surface area contributed by atoms with E-state index in [9.17, 15) is 0 Å². The fourth-order valence-corrected chi connectivity index (χ4v) is 1.69. The summed E-state index contributed by atoms with van der Waals surface area (Å²) in [5.41, 5.74) is 0.944. The summed E-state index contributed by atoms with van der Waals surface area (Å²) < 4.78 is 5.33. The fourth-order valence-electron chi connectivity index (χ4n) is 1.69. The number of rotatable bonds is 5. The monoisotopic (exact) mass is 222 g/mol. The van der Waals surface area contributed by atoms with Crippen LogP contribution in [0.3, 0.4) is 0 Å². The molecule has 0 bridgehead atoms. The van der Waals surface area contributed by atoms with Gasteiger partial charge >= 0.3 is 0 Å². The lowest BCUT2D eigenvalue weighted by Crippen LogP contribution is -2.57. The van der Waals surface area contributed by atoms with Crippen molar-refractivity contribution in [2.24, 2.45) is 0 Å². The molecule has 1 saturated heterocycles. The molecule has 88 valence electrons. The lowest BCUT2D eigenvalue weighted by molar-refractivity contribution is 0.131. The Morgan fingerprint density at radius 3 is 3.00 bits per heavy atom. The van der Waals surface area contributed by atoms with Gasteiger partial charge in [0.25, 0.3) is 0 Å². The minimum Gasteiger partial charge on any atom is -0.375 e. The number of hydrogen-bond acceptors (Lipinski definition) is 5. The molecule has 2 rings (SSSR count). The molecule has 0 saturated carbocycles. The topological polar surface area (TPSA) is 50.3 Å². The maximum Gasteiger partial charge on any atom is 0.132 e.